The molecule has 1 aliphatic carbocycles. The van der Waals surface area contributed by atoms with Gasteiger partial charge in [0.15, 0.2) is 5.82 Å². The molecule has 1 heterocycles. The first-order valence-electron chi connectivity index (χ1n) is 6.18. The van der Waals surface area contributed by atoms with Crippen LogP contribution in [0.2, 0.25) is 0 Å². The second-order valence-electron chi connectivity index (χ2n) is 4.89. The maximum atomic E-state index is 13.5. The quantitative estimate of drug-likeness (QED) is 0.919. The molecule has 0 saturated heterocycles. The lowest BCUT2D eigenvalue weighted by atomic mass is 9.99. The van der Waals surface area contributed by atoms with Gasteiger partial charge in [0.25, 0.3) is 5.89 Å². The van der Waals surface area contributed by atoms with E-state index in [1.54, 1.807) is 12.1 Å². The van der Waals surface area contributed by atoms with Crippen molar-refractivity contribution in [2.75, 3.05) is 0 Å². The molecule has 6 heteroatoms. The van der Waals surface area contributed by atoms with Gasteiger partial charge in [0.1, 0.15) is 5.82 Å². The number of nitrogens with two attached hydrogens (primary N) is 1. The van der Waals surface area contributed by atoms with Crippen LogP contribution in [0.25, 0.3) is 11.5 Å². The standard InChI is InChI=1S/C13H13BrFN3O/c14-10-8(4-3-5-9(10)15)11-17-12(18-19-11)13(16)6-1-2-7-13/h3-5H,1-2,6-7,16H2. The van der Waals surface area contributed by atoms with Crippen molar-refractivity contribution >= 4 is 15.9 Å². The second-order valence-corrected chi connectivity index (χ2v) is 5.68. The van der Waals surface area contributed by atoms with E-state index in [0.717, 1.165) is 25.7 Å². The van der Waals surface area contributed by atoms with Crippen LogP contribution in [0.3, 0.4) is 0 Å². The molecule has 1 aliphatic rings. The van der Waals surface area contributed by atoms with E-state index < -0.39 is 5.54 Å². The number of aromatic nitrogens is 2. The van der Waals surface area contributed by atoms with Gasteiger partial charge in [-0.15, -0.1) is 0 Å². The molecular formula is C13H13BrFN3O. The monoisotopic (exact) mass is 325 g/mol. The Morgan fingerprint density at radius 1 is 1.32 bits per heavy atom. The SMILES string of the molecule is NC1(c2noc(-c3cccc(F)c3Br)n2)CCCC1. The van der Waals surface area contributed by atoms with E-state index in [0.29, 0.717) is 15.9 Å². The third-order valence-corrected chi connectivity index (χ3v) is 4.36. The number of nitrogens with zero attached hydrogens (tertiary/aromatic N) is 2. The highest BCUT2D eigenvalue weighted by Gasteiger charge is 2.36. The second kappa shape index (κ2) is 4.68. The fourth-order valence-corrected chi connectivity index (χ4v) is 2.87. The summed E-state index contributed by atoms with van der Waals surface area (Å²) in [4.78, 5) is 4.34. The van der Waals surface area contributed by atoms with E-state index in [1.807, 2.05) is 0 Å². The maximum absolute atomic E-state index is 13.5. The lowest BCUT2D eigenvalue weighted by molar-refractivity contribution is 0.372. The van der Waals surface area contributed by atoms with Gasteiger partial charge in [-0.3, -0.25) is 0 Å². The van der Waals surface area contributed by atoms with Gasteiger partial charge < -0.3 is 10.3 Å². The van der Waals surface area contributed by atoms with E-state index in [9.17, 15) is 4.39 Å². The third kappa shape index (κ3) is 2.19. The first-order chi connectivity index (χ1) is 9.10. The number of hydrogen-bond acceptors (Lipinski definition) is 4. The molecule has 2 aromatic rings. The van der Waals surface area contributed by atoms with Crippen LogP contribution in [0.1, 0.15) is 31.5 Å². The highest BCUT2D eigenvalue weighted by atomic mass is 79.9. The molecule has 19 heavy (non-hydrogen) atoms. The summed E-state index contributed by atoms with van der Waals surface area (Å²) in [5.74, 6) is 0.440. The Morgan fingerprint density at radius 3 is 2.79 bits per heavy atom. The lowest BCUT2D eigenvalue weighted by Gasteiger charge is -2.17. The Morgan fingerprint density at radius 2 is 2.05 bits per heavy atom. The third-order valence-electron chi connectivity index (χ3n) is 3.55. The molecule has 0 radical (unpaired) electrons. The van der Waals surface area contributed by atoms with Gasteiger partial charge in [-0.05, 0) is 40.9 Å². The van der Waals surface area contributed by atoms with Crippen LogP contribution in [0.5, 0.6) is 0 Å². The van der Waals surface area contributed by atoms with Gasteiger partial charge in [0.05, 0.1) is 15.6 Å². The van der Waals surface area contributed by atoms with Crippen LogP contribution in [-0.2, 0) is 5.54 Å². The summed E-state index contributed by atoms with van der Waals surface area (Å²) < 4.78 is 19.0. The molecule has 2 N–H and O–H groups in total. The predicted octanol–water partition coefficient (Wildman–Crippen LogP) is 3.37. The Bertz CT molecular complexity index is 608. The Balaban J connectivity index is 1.99. The normalized spacial score (nSPS) is 17.8. The average Bonchev–Trinajstić information content (AvgIpc) is 3.02. The predicted molar refractivity (Wildman–Crippen MR) is 71.7 cm³/mol. The fraction of sp³-hybridized carbons (Fsp3) is 0.385. The van der Waals surface area contributed by atoms with Crippen molar-refractivity contribution in [1.82, 2.24) is 10.1 Å². The lowest BCUT2D eigenvalue weighted by Crippen LogP contribution is -2.34. The van der Waals surface area contributed by atoms with Gasteiger partial charge in [-0.1, -0.05) is 24.1 Å². The summed E-state index contributed by atoms with van der Waals surface area (Å²) in [6, 6.07) is 4.70. The Kier molecular flexibility index (Phi) is 3.14. The Labute approximate surface area is 118 Å². The van der Waals surface area contributed by atoms with Gasteiger partial charge >= 0.3 is 0 Å². The van der Waals surface area contributed by atoms with Crippen LogP contribution < -0.4 is 5.73 Å². The molecule has 0 unspecified atom stereocenters. The van der Waals surface area contributed by atoms with E-state index in [2.05, 4.69) is 26.1 Å². The first-order valence-corrected chi connectivity index (χ1v) is 6.97. The van der Waals surface area contributed by atoms with Crippen LogP contribution in [-0.4, -0.2) is 10.1 Å². The zero-order chi connectivity index (χ0) is 13.5. The number of hydrogen-bond donors (Lipinski definition) is 1. The highest BCUT2D eigenvalue weighted by Crippen LogP contribution is 2.36. The van der Waals surface area contributed by atoms with Gasteiger partial charge in [0, 0.05) is 0 Å². The summed E-state index contributed by atoms with van der Waals surface area (Å²) >= 11 is 3.19. The van der Waals surface area contributed by atoms with Crippen molar-refractivity contribution in [3.05, 3.63) is 34.3 Å². The van der Waals surface area contributed by atoms with Crippen LogP contribution in [0.4, 0.5) is 4.39 Å². The minimum absolute atomic E-state index is 0.290. The summed E-state index contributed by atoms with van der Waals surface area (Å²) in [5.41, 5.74) is 6.31. The van der Waals surface area contributed by atoms with Crippen molar-refractivity contribution in [3.63, 3.8) is 0 Å². The minimum atomic E-state index is -0.498. The topological polar surface area (TPSA) is 64.9 Å². The molecule has 1 fully saturated rings. The maximum Gasteiger partial charge on any atom is 0.259 e. The van der Waals surface area contributed by atoms with Crippen molar-refractivity contribution in [3.8, 4) is 11.5 Å². The van der Waals surface area contributed by atoms with Crippen molar-refractivity contribution in [1.29, 1.82) is 0 Å². The molecule has 3 rings (SSSR count). The fourth-order valence-electron chi connectivity index (χ4n) is 2.43. The number of rotatable bonds is 2. The molecule has 1 saturated carbocycles. The molecular weight excluding hydrogens is 313 g/mol. The van der Waals surface area contributed by atoms with Gasteiger partial charge in [0.2, 0.25) is 0 Å². The summed E-state index contributed by atoms with van der Waals surface area (Å²) in [7, 11) is 0. The zero-order valence-electron chi connectivity index (χ0n) is 10.2. The molecule has 0 atom stereocenters. The Hall–Kier alpha value is -1.27. The van der Waals surface area contributed by atoms with Crippen molar-refractivity contribution in [2.24, 2.45) is 5.73 Å². The van der Waals surface area contributed by atoms with E-state index in [1.165, 1.54) is 6.07 Å². The molecule has 1 aromatic carbocycles. The van der Waals surface area contributed by atoms with Crippen LogP contribution in [0.15, 0.2) is 27.2 Å². The van der Waals surface area contributed by atoms with Crippen LogP contribution in [0, 0.1) is 5.82 Å². The van der Waals surface area contributed by atoms with E-state index in [-0.39, 0.29) is 11.7 Å². The number of benzene rings is 1. The summed E-state index contributed by atoms with van der Waals surface area (Å²) in [5, 5.41) is 3.96. The molecule has 4 nitrogen and oxygen atoms in total. The number of halogens is 2. The molecule has 1 aromatic heterocycles. The smallest absolute Gasteiger partial charge is 0.259 e. The molecule has 0 aliphatic heterocycles. The van der Waals surface area contributed by atoms with Crippen molar-refractivity contribution in [2.45, 2.75) is 31.2 Å². The van der Waals surface area contributed by atoms with Crippen molar-refractivity contribution < 1.29 is 8.91 Å². The van der Waals surface area contributed by atoms with Crippen LogP contribution >= 0.6 is 15.9 Å². The molecule has 0 spiro atoms. The van der Waals surface area contributed by atoms with Gasteiger partial charge in [-0.2, -0.15) is 4.98 Å². The summed E-state index contributed by atoms with van der Waals surface area (Å²) in [6.07, 6.45) is 3.86. The van der Waals surface area contributed by atoms with E-state index >= 15 is 0 Å². The minimum Gasteiger partial charge on any atom is -0.334 e. The molecule has 0 amide bonds. The summed E-state index contributed by atoms with van der Waals surface area (Å²) in [6.45, 7) is 0. The zero-order valence-corrected chi connectivity index (χ0v) is 11.8. The molecule has 0 bridgehead atoms. The van der Waals surface area contributed by atoms with Gasteiger partial charge in [-0.25, -0.2) is 4.39 Å². The first kappa shape index (κ1) is 12.7. The largest absolute Gasteiger partial charge is 0.334 e. The highest BCUT2D eigenvalue weighted by molar-refractivity contribution is 9.10. The molecule has 100 valence electrons. The average molecular weight is 326 g/mol. The van der Waals surface area contributed by atoms with E-state index in [4.69, 9.17) is 10.3 Å².